The molecule has 47 heavy (non-hydrogen) atoms. The molecular weight excluding hydrogens is 684 g/mol. The second kappa shape index (κ2) is 14.6. The van der Waals surface area contributed by atoms with E-state index < -0.39 is 41.0 Å². The van der Waals surface area contributed by atoms with E-state index >= 15 is 0 Å². The summed E-state index contributed by atoms with van der Waals surface area (Å²) >= 11 is 3.33. The minimum absolute atomic E-state index is 0.0554. The van der Waals surface area contributed by atoms with E-state index in [0.717, 1.165) is 32.7 Å². The van der Waals surface area contributed by atoms with E-state index in [2.05, 4.69) is 41.0 Å². The van der Waals surface area contributed by atoms with Crippen molar-refractivity contribution in [3.05, 3.63) is 58.0 Å². The maximum absolute atomic E-state index is 13.3. The van der Waals surface area contributed by atoms with Gasteiger partial charge in [-0.25, -0.2) is 23.6 Å². The van der Waals surface area contributed by atoms with Crippen molar-refractivity contribution in [1.82, 2.24) is 35.4 Å². The first-order valence-electron chi connectivity index (χ1n) is 13.2. The molecule has 3 aromatic rings. The van der Waals surface area contributed by atoms with Crippen LogP contribution in [-0.2, 0) is 42.0 Å². The van der Waals surface area contributed by atoms with Gasteiger partial charge in [0.1, 0.15) is 42.3 Å². The molecule has 5 N–H and O–H groups in total. The fourth-order valence-corrected chi connectivity index (χ4v) is 7.20. The molecule has 0 aliphatic carbocycles. The van der Waals surface area contributed by atoms with E-state index in [0.29, 0.717) is 11.1 Å². The molecule has 2 amide bonds. The Morgan fingerprint density at radius 3 is 2.66 bits per heavy atom. The summed E-state index contributed by atoms with van der Waals surface area (Å²) in [6.45, 7) is -0.408. The molecule has 0 radical (unpaired) electrons. The second-order valence-electron chi connectivity index (χ2n) is 9.46. The summed E-state index contributed by atoms with van der Waals surface area (Å²) in [6, 6.07) is 4.38. The Balaban J connectivity index is 1.28. The molecule has 0 spiro atoms. The van der Waals surface area contributed by atoms with Gasteiger partial charge < -0.3 is 30.9 Å². The predicted octanol–water partition coefficient (Wildman–Crippen LogP) is 0.390. The number of carbonyl (C=O) groups is 4. The Labute approximate surface area is 275 Å². The molecule has 5 rings (SSSR count). The molecule has 2 atom stereocenters. The molecule has 4 heterocycles. The third-order valence-electron chi connectivity index (χ3n) is 6.44. The predicted molar refractivity (Wildman–Crippen MR) is 165 cm³/mol. The summed E-state index contributed by atoms with van der Waals surface area (Å²) in [7, 11) is 1.19. The van der Waals surface area contributed by atoms with Gasteiger partial charge in [-0.3, -0.25) is 14.5 Å². The van der Waals surface area contributed by atoms with Crippen molar-refractivity contribution in [2.75, 3.05) is 24.3 Å². The highest BCUT2D eigenvalue weighted by molar-refractivity contribution is 8.01. The first-order chi connectivity index (χ1) is 22.6. The molecule has 22 heteroatoms. The average molecular weight is 707 g/mol. The number of anilines is 1. The molecule has 18 nitrogen and oxygen atoms in total. The van der Waals surface area contributed by atoms with Crippen LogP contribution in [0.2, 0.25) is 0 Å². The number of nitrogens with zero attached hydrogens (tertiary/aromatic N) is 8. The second-order valence-corrected chi connectivity index (χ2v) is 12.4. The van der Waals surface area contributed by atoms with Crippen molar-refractivity contribution in [2.45, 2.75) is 29.7 Å². The first kappa shape index (κ1) is 33.3. The number of carbonyl (C=O) groups excluding carboxylic acids is 2. The van der Waals surface area contributed by atoms with Crippen LogP contribution in [0.15, 0.2) is 56.4 Å². The van der Waals surface area contributed by atoms with Crippen LogP contribution >= 0.6 is 34.9 Å². The smallest absolute Gasteiger partial charge is 0.355 e. The maximum Gasteiger partial charge on any atom is 0.355 e. The molecule has 2 aromatic heterocycles. The van der Waals surface area contributed by atoms with Gasteiger partial charge >= 0.3 is 11.9 Å². The van der Waals surface area contributed by atoms with Crippen LogP contribution in [0.5, 0.6) is 0 Å². The van der Waals surface area contributed by atoms with Crippen molar-refractivity contribution in [2.24, 2.45) is 10.3 Å². The van der Waals surface area contributed by atoms with Gasteiger partial charge in [0.15, 0.2) is 16.6 Å². The van der Waals surface area contributed by atoms with Gasteiger partial charge in [-0.1, -0.05) is 34.2 Å². The zero-order valence-electron chi connectivity index (χ0n) is 24.0. The number of fused-ring (bicyclic) bond motifs is 1. The van der Waals surface area contributed by atoms with Crippen LogP contribution < -0.4 is 11.1 Å². The molecule has 246 valence electrons. The van der Waals surface area contributed by atoms with Gasteiger partial charge in [-0.2, -0.15) is 0 Å². The number of tetrazole rings is 1. The van der Waals surface area contributed by atoms with Gasteiger partial charge in [0.25, 0.3) is 11.8 Å². The largest absolute Gasteiger partial charge is 0.477 e. The number of nitrogens with two attached hydrogens (primary N) is 1. The van der Waals surface area contributed by atoms with Crippen molar-refractivity contribution in [3.8, 4) is 0 Å². The lowest BCUT2D eigenvalue weighted by Crippen LogP contribution is -2.71. The third-order valence-corrected chi connectivity index (χ3v) is 9.50. The average Bonchev–Trinajstić information content (AvgIpc) is 3.68. The standard InChI is InChI=1S/C25H23FN10O8S3/c1-43-31-14(22(39)40)6-35-25(30-33-34-35)47-9-12-8-45-21-17(20(38)36(21)18(12)23(41)42)29-19(37)16(15-10-46-24(27)28-15)32-44-7-11-2-4-13(26)5-3-11/h2-5,10,17,21H,6-9H2,1H3,(H2,27,28)(H,29,37)(H,39,40)(H,41,42)/t17?,21-/m1/s1. The van der Waals surface area contributed by atoms with Crippen molar-refractivity contribution >= 4 is 75.2 Å². The number of rotatable bonds is 14. The number of amides is 2. The summed E-state index contributed by atoms with van der Waals surface area (Å²) in [5.74, 6) is -4.34. The fraction of sp³-hybridized carbons (Fsp3) is 0.280. The van der Waals surface area contributed by atoms with E-state index in [1.165, 1.54) is 48.5 Å². The Morgan fingerprint density at radius 1 is 1.23 bits per heavy atom. The van der Waals surface area contributed by atoms with Crippen LogP contribution in [0.4, 0.5) is 9.52 Å². The van der Waals surface area contributed by atoms with E-state index in [9.17, 15) is 33.8 Å². The quantitative estimate of drug-likeness (QED) is 0.0766. The molecule has 1 fully saturated rings. The molecule has 2 aliphatic heterocycles. The number of nitrogen functional groups attached to an aromatic ring is 1. The SMILES string of the molecule is CON=C(Cn1nnnc1SCC1=C(C(=O)O)N2C(=O)C(NC(=O)C(=NOCc3ccc(F)cc3)c3csc(N)n3)[C@H]2SC1)C(=O)O. The minimum Gasteiger partial charge on any atom is -0.477 e. The normalized spacial score (nSPS) is 18.0. The van der Waals surface area contributed by atoms with E-state index in [1.54, 1.807) is 0 Å². The lowest BCUT2D eigenvalue weighted by Gasteiger charge is -2.49. The van der Waals surface area contributed by atoms with E-state index in [1.807, 2.05) is 0 Å². The highest BCUT2D eigenvalue weighted by Crippen LogP contribution is 2.41. The Bertz CT molecular complexity index is 1790. The number of halogens is 1. The van der Waals surface area contributed by atoms with Crippen LogP contribution in [0.25, 0.3) is 0 Å². The monoisotopic (exact) mass is 706 g/mol. The Morgan fingerprint density at radius 2 is 2.00 bits per heavy atom. The number of benzene rings is 1. The summed E-state index contributed by atoms with van der Waals surface area (Å²) in [6.07, 6.45) is 0. The molecule has 1 unspecified atom stereocenters. The number of hydrogen-bond acceptors (Lipinski definition) is 16. The molecule has 0 saturated carbocycles. The zero-order valence-corrected chi connectivity index (χ0v) is 26.4. The maximum atomic E-state index is 13.3. The summed E-state index contributed by atoms with van der Waals surface area (Å²) in [5, 5.41) is 41.5. The number of aromatic nitrogens is 5. The Kier molecular flexibility index (Phi) is 10.3. The van der Waals surface area contributed by atoms with Crippen LogP contribution in [0.3, 0.4) is 0 Å². The lowest BCUT2D eigenvalue weighted by atomic mass is 10.0. The van der Waals surface area contributed by atoms with Gasteiger partial charge in [0.2, 0.25) is 5.16 Å². The topological polar surface area (TPSA) is 250 Å². The third kappa shape index (κ3) is 7.49. The molecule has 0 bridgehead atoms. The number of carboxylic acids is 2. The number of hydrogen-bond donors (Lipinski definition) is 4. The van der Waals surface area contributed by atoms with E-state index in [-0.39, 0.29) is 57.8 Å². The van der Waals surface area contributed by atoms with Gasteiger partial charge in [0, 0.05) is 16.9 Å². The molecule has 1 aromatic carbocycles. The molecule has 1 saturated heterocycles. The van der Waals surface area contributed by atoms with Crippen molar-refractivity contribution in [3.63, 3.8) is 0 Å². The van der Waals surface area contributed by atoms with Crippen LogP contribution in [0.1, 0.15) is 11.3 Å². The number of oxime groups is 2. The minimum atomic E-state index is -1.35. The number of thioether (sulfide) groups is 2. The van der Waals surface area contributed by atoms with Gasteiger partial charge in [0.05, 0.1) is 6.54 Å². The van der Waals surface area contributed by atoms with Gasteiger partial charge in [-0.05, 0) is 33.7 Å². The van der Waals surface area contributed by atoms with Crippen LogP contribution in [-0.4, -0.2) is 106 Å². The highest BCUT2D eigenvalue weighted by atomic mass is 32.2. The lowest BCUT2D eigenvalue weighted by molar-refractivity contribution is -0.150. The van der Waals surface area contributed by atoms with Crippen molar-refractivity contribution < 1.29 is 43.5 Å². The van der Waals surface area contributed by atoms with Crippen LogP contribution in [0, 0.1) is 5.82 Å². The van der Waals surface area contributed by atoms with Crippen molar-refractivity contribution in [1.29, 1.82) is 0 Å². The van der Waals surface area contributed by atoms with E-state index in [4.69, 9.17) is 10.6 Å². The number of thiazole rings is 1. The summed E-state index contributed by atoms with van der Waals surface area (Å²) < 4.78 is 14.4. The highest BCUT2D eigenvalue weighted by Gasteiger charge is 2.54. The summed E-state index contributed by atoms with van der Waals surface area (Å²) in [5.41, 5.74) is 5.92. The number of β-lactam (4-membered cyclic amide) rings is 1. The number of nitrogens with one attached hydrogen (secondary N) is 1. The fourth-order valence-electron chi connectivity index (χ4n) is 4.30. The first-order valence-corrected chi connectivity index (χ1v) is 16.1. The zero-order chi connectivity index (χ0) is 33.7. The van der Waals surface area contributed by atoms with Gasteiger partial charge in [-0.15, -0.1) is 28.2 Å². The summed E-state index contributed by atoms with van der Waals surface area (Å²) in [4.78, 5) is 65.4. The number of carboxylic acid groups (broad SMARTS) is 2. The molecular formula is C25H23FN10O8S3. The molecule has 2 aliphatic rings. The number of aliphatic carboxylic acids is 2. The Hall–Kier alpha value is -5.09.